The summed E-state index contributed by atoms with van der Waals surface area (Å²) in [6, 6.07) is 15.3. The molecule has 0 aliphatic heterocycles. The Kier molecular flexibility index (Phi) is 5.09. The molecule has 2 N–H and O–H groups in total. The first kappa shape index (κ1) is 16.0. The molecule has 0 radical (unpaired) electrons. The molecule has 8 nitrogen and oxygen atoms in total. The van der Waals surface area contributed by atoms with E-state index in [1.54, 1.807) is 4.68 Å². The highest BCUT2D eigenvalue weighted by Crippen LogP contribution is 2.08. The van der Waals surface area contributed by atoms with Gasteiger partial charge in [0.2, 0.25) is 0 Å². The highest BCUT2D eigenvalue weighted by molar-refractivity contribution is 5.74. The van der Waals surface area contributed by atoms with E-state index in [-0.39, 0.29) is 13.2 Å². The molecular formula is C16H18N6O2. The molecule has 0 fully saturated rings. The summed E-state index contributed by atoms with van der Waals surface area (Å²) in [5.74, 6) is 0. The van der Waals surface area contributed by atoms with Crippen LogP contribution < -0.4 is 0 Å². The fraction of sp³-hybridized carbons (Fsp3) is 0.250. The van der Waals surface area contributed by atoms with Crippen molar-refractivity contribution >= 4 is 22.1 Å². The number of nitrogens with zero attached hydrogens (tertiary/aromatic N) is 6. The van der Waals surface area contributed by atoms with Crippen LogP contribution in [0.25, 0.3) is 22.1 Å². The van der Waals surface area contributed by atoms with Crippen LogP contribution in [-0.4, -0.2) is 53.4 Å². The van der Waals surface area contributed by atoms with E-state index < -0.39 is 0 Å². The number of rotatable bonds is 4. The Labute approximate surface area is 137 Å². The van der Waals surface area contributed by atoms with E-state index in [9.17, 15) is 0 Å². The SMILES string of the molecule is OCCn1nc2ccccc2n1.OCCn1nnc2ccccc21. The third-order valence-electron chi connectivity index (χ3n) is 3.36. The number of aliphatic hydroxyl groups is 2. The Morgan fingerprint density at radius 3 is 1.96 bits per heavy atom. The molecule has 0 amide bonds. The number of para-hydroxylation sites is 1. The first-order valence-electron chi connectivity index (χ1n) is 7.61. The van der Waals surface area contributed by atoms with E-state index in [4.69, 9.17) is 10.2 Å². The molecule has 0 unspecified atom stereocenters. The van der Waals surface area contributed by atoms with Gasteiger partial charge in [0.05, 0.1) is 31.8 Å². The lowest BCUT2D eigenvalue weighted by atomic mass is 10.3. The summed E-state index contributed by atoms with van der Waals surface area (Å²) in [6.45, 7) is 1.11. The second-order valence-electron chi connectivity index (χ2n) is 5.03. The van der Waals surface area contributed by atoms with E-state index >= 15 is 0 Å². The summed E-state index contributed by atoms with van der Waals surface area (Å²) in [6.07, 6.45) is 0. The van der Waals surface area contributed by atoms with Gasteiger partial charge in [-0.15, -0.1) is 5.10 Å². The van der Waals surface area contributed by atoms with Crippen molar-refractivity contribution in [2.45, 2.75) is 13.1 Å². The van der Waals surface area contributed by atoms with E-state index in [1.807, 2.05) is 48.5 Å². The average molecular weight is 326 g/mol. The molecule has 0 atom stereocenters. The second kappa shape index (κ2) is 7.62. The third kappa shape index (κ3) is 3.55. The number of hydrogen-bond donors (Lipinski definition) is 2. The summed E-state index contributed by atoms with van der Waals surface area (Å²) in [5.41, 5.74) is 3.56. The van der Waals surface area contributed by atoms with Crippen molar-refractivity contribution in [2.24, 2.45) is 0 Å². The summed E-state index contributed by atoms with van der Waals surface area (Å²) < 4.78 is 1.69. The molecule has 124 valence electrons. The maximum absolute atomic E-state index is 8.71. The van der Waals surface area contributed by atoms with Gasteiger partial charge in [-0.25, -0.2) is 4.68 Å². The molecule has 0 aliphatic carbocycles. The van der Waals surface area contributed by atoms with E-state index in [1.165, 1.54) is 4.80 Å². The quantitative estimate of drug-likeness (QED) is 0.576. The van der Waals surface area contributed by atoms with E-state index in [0.29, 0.717) is 13.1 Å². The molecular weight excluding hydrogens is 308 g/mol. The van der Waals surface area contributed by atoms with Crippen molar-refractivity contribution in [3.63, 3.8) is 0 Å². The van der Waals surface area contributed by atoms with Crippen LogP contribution >= 0.6 is 0 Å². The van der Waals surface area contributed by atoms with Crippen LogP contribution in [0.1, 0.15) is 0 Å². The summed E-state index contributed by atoms with van der Waals surface area (Å²) >= 11 is 0. The van der Waals surface area contributed by atoms with Crippen molar-refractivity contribution in [1.29, 1.82) is 0 Å². The Bertz CT molecular complexity index is 876. The predicted octanol–water partition coefficient (Wildman–Crippen LogP) is 0.847. The average Bonchev–Trinajstić information content (AvgIpc) is 3.20. The lowest BCUT2D eigenvalue weighted by molar-refractivity contribution is 0.261. The van der Waals surface area contributed by atoms with Gasteiger partial charge in [0.1, 0.15) is 16.6 Å². The molecule has 4 rings (SSSR count). The van der Waals surface area contributed by atoms with Crippen LogP contribution in [0.5, 0.6) is 0 Å². The molecule has 2 heterocycles. The Hall–Kier alpha value is -2.84. The number of hydrogen-bond acceptors (Lipinski definition) is 6. The topological polar surface area (TPSA) is 102 Å². The van der Waals surface area contributed by atoms with Crippen LogP contribution in [0.3, 0.4) is 0 Å². The molecule has 4 aromatic rings. The van der Waals surface area contributed by atoms with E-state index in [0.717, 1.165) is 22.1 Å². The fourth-order valence-electron chi connectivity index (χ4n) is 2.27. The van der Waals surface area contributed by atoms with Gasteiger partial charge in [-0.2, -0.15) is 15.0 Å². The zero-order valence-electron chi connectivity index (χ0n) is 13.0. The van der Waals surface area contributed by atoms with Gasteiger partial charge in [0, 0.05) is 0 Å². The molecule has 24 heavy (non-hydrogen) atoms. The zero-order chi connectivity index (χ0) is 16.8. The predicted molar refractivity (Wildman–Crippen MR) is 89.2 cm³/mol. The molecule has 0 saturated heterocycles. The summed E-state index contributed by atoms with van der Waals surface area (Å²) in [7, 11) is 0. The van der Waals surface area contributed by atoms with Gasteiger partial charge >= 0.3 is 0 Å². The third-order valence-corrected chi connectivity index (χ3v) is 3.36. The van der Waals surface area contributed by atoms with Crippen LogP contribution in [0.15, 0.2) is 48.5 Å². The molecule has 2 aromatic carbocycles. The van der Waals surface area contributed by atoms with Gasteiger partial charge in [0.15, 0.2) is 0 Å². The molecule has 0 bridgehead atoms. The number of aromatic nitrogens is 6. The normalized spacial score (nSPS) is 10.8. The largest absolute Gasteiger partial charge is 0.394 e. The standard InChI is InChI=1S/2C8H9N3O/c12-6-5-11-8-4-2-1-3-7(8)9-10-11;12-6-5-11-9-7-3-1-2-4-8(7)10-11/h2*1-4,12H,5-6H2. The number of aliphatic hydroxyl groups excluding tert-OH is 2. The van der Waals surface area contributed by atoms with Crippen LogP contribution in [-0.2, 0) is 13.1 Å². The highest BCUT2D eigenvalue weighted by atomic mass is 16.3. The highest BCUT2D eigenvalue weighted by Gasteiger charge is 2.00. The van der Waals surface area contributed by atoms with Crippen molar-refractivity contribution in [3.8, 4) is 0 Å². The van der Waals surface area contributed by atoms with Gasteiger partial charge in [0.25, 0.3) is 0 Å². The van der Waals surface area contributed by atoms with Crippen LogP contribution in [0, 0.1) is 0 Å². The lowest BCUT2D eigenvalue weighted by Gasteiger charge is -1.96. The summed E-state index contributed by atoms with van der Waals surface area (Å²) in [4.78, 5) is 1.50. The molecule has 0 saturated carbocycles. The monoisotopic (exact) mass is 326 g/mol. The first-order chi connectivity index (χ1) is 11.8. The zero-order valence-corrected chi connectivity index (χ0v) is 13.0. The van der Waals surface area contributed by atoms with Crippen molar-refractivity contribution in [1.82, 2.24) is 30.0 Å². The fourth-order valence-corrected chi connectivity index (χ4v) is 2.27. The smallest absolute Gasteiger partial charge is 0.113 e. The van der Waals surface area contributed by atoms with Crippen molar-refractivity contribution in [2.75, 3.05) is 13.2 Å². The minimum atomic E-state index is 0.0704. The Balaban J connectivity index is 0.000000141. The maximum atomic E-state index is 8.71. The first-order valence-corrected chi connectivity index (χ1v) is 7.61. The summed E-state index contributed by atoms with van der Waals surface area (Å²) in [5, 5.41) is 33.5. The van der Waals surface area contributed by atoms with Gasteiger partial charge in [-0.3, -0.25) is 0 Å². The van der Waals surface area contributed by atoms with Gasteiger partial charge < -0.3 is 10.2 Å². The van der Waals surface area contributed by atoms with Crippen molar-refractivity contribution in [3.05, 3.63) is 48.5 Å². The van der Waals surface area contributed by atoms with Crippen LogP contribution in [0.4, 0.5) is 0 Å². The van der Waals surface area contributed by atoms with Crippen LogP contribution in [0.2, 0.25) is 0 Å². The van der Waals surface area contributed by atoms with Gasteiger partial charge in [-0.05, 0) is 24.3 Å². The molecule has 0 aliphatic rings. The van der Waals surface area contributed by atoms with E-state index in [2.05, 4.69) is 20.5 Å². The minimum Gasteiger partial charge on any atom is -0.394 e. The minimum absolute atomic E-state index is 0.0704. The second-order valence-corrected chi connectivity index (χ2v) is 5.03. The Morgan fingerprint density at radius 2 is 1.33 bits per heavy atom. The molecule has 2 aromatic heterocycles. The van der Waals surface area contributed by atoms with Crippen molar-refractivity contribution < 1.29 is 10.2 Å². The number of fused-ring (bicyclic) bond motifs is 2. The Morgan fingerprint density at radius 1 is 0.750 bits per heavy atom. The molecule has 8 heteroatoms. The number of benzene rings is 2. The maximum Gasteiger partial charge on any atom is 0.113 e. The lowest BCUT2D eigenvalue weighted by Crippen LogP contribution is -2.05. The molecule has 0 spiro atoms. The van der Waals surface area contributed by atoms with Gasteiger partial charge in [-0.1, -0.05) is 29.5 Å².